The van der Waals surface area contributed by atoms with Crippen LogP contribution in [0.1, 0.15) is 17.2 Å². The number of hydrogen-bond donors (Lipinski definition) is 1. The van der Waals surface area contributed by atoms with Gasteiger partial charge in [0.25, 0.3) is 5.69 Å². The minimum Gasteiger partial charge on any atom is -0.435 e. The average Bonchev–Trinajstić information content (AvgIpc) is 2.67. The number of ether oxygens (including phenoxy) is 2. The number of morpholine rings is 1. The zero-order valence-electron chi connectivity index (χ0n) is 14.3. The summed E-state index contributed by atoms with van der Waals surface area (Å²) in [5, 5.41) is 20.7. The fraction of sp³-hybridized carbons (Fsp3) is 0.333. The van der Waals surface area contributed by atoms with Gasteiger partial charge in [-0.05, 0) is 35.4 Å². The van der Waals surface area contributed by atoms with Crippen LogP contribution < -0.4 is 9.64 Å². The van der Waals surface area contributed by atoms with Crippen molar-refractivity contribution in [2.75, 3.05) is 24.6 Å². The molecule has 0 radical (unpaired) electrons. The van der Waals surface area contributed by atoms with Crippen LogP contribution in [-0.2, 0) is 11.3 Å². The Balaban J connectivity index is 1.86. The van der Waals surface area contributed by atoms with Gasteiger partial charge >= 0.3 is 6.61 Å². The Kier molecular flexibility index (Phi) is 5.82. The van der Waals surface area contributed by atoms with Crippen LogP contribution in [0.25, 0.3) is 0 Å². The van der Waals surface area contributed by atoms with Crippen LogP contribution in [0.5, 0.6) is 5.75 Å². The predicted molar refractivity (Wildman–Crippen MR) is 93.0 cm³/mol. The average molecular weight is 380 g/mol. The molecule has 3 rings (SSSR count). The minimum absolute atomic E-state index is 0.0245. The first kappa shape index (κ1) is 19.0. The molecule has 144 valence electrons. The van der Waals surface area contributed by atoms with Gasteiger partial charge in [0.2, 0.25) is 0 Å². The second-order valence-electron chi connectivity index (χ2n) is 5.99. The van der Waals surface area contributed by atoms with Crippen molar-refractivity contribution in [3.63, 3.8) is 0 Å². The number of hydrogen-bond acceptors (Lipinski definition) is 6. The van der Waals surface area contributed by atoms with Gasteiger partial charge in [-0.15, -0.1) is 0 Å². The van der Waals surface area contributed by atoms with Gasteiger partial charge in [-0.1, -0.05) is 12.1 Å². The summed E-state index contributed by atoms with van der Waals surface area (Å²) < 4.78 is 35.0. The van der Waals surface area contributed by atoms with Crippen molar-refractivity contribution < 1.29 is 28.3 Å². The summed E-state index contributed by atoms with van der Waals surface area (Å²) in [6.07, 6.45) is -0.461. The van der Waals surface area contributed by atoms with E-state index in [0.717, 1.165) is 0 Å². The highest BCUT2D eigenvalue weighted by atomic mass is 19.3. The van der Waals surface area contributed by atoms with Crippen molar-refractivity contribution in [3.05, 3.63) is 63.7 Å². The zero-order chi connectivity index (χ0) is 19.4. The number of benzene rings is 2. The number of nitrogens with zero attached hydrogens (tertiary/aromatic N) is 2. The molecule has 1 atom stereocenters. The molecule has 27 heavy (non-hydrogen) atoms. The number of alkyl halides is 2. The SMILES string of the molecule is O=[N+]([O-])c1ccc(CO)cc1N1CCOC(c2cccc(OC(F)F)c2)C1. The lowest BCUT2D eigenvalue weighted by atomic mass is 10.1. The van der Waals surface area contributed by atoms with Crippen LogP contribution in [0.2, 0.25) is 0 Å². The molecular formula is C18H18F2N2O5. The Morgan fingerprint density at radius 3 is 2.85 bits per heavy atom. The van der Waals surface area contributed by atoms with Crippen LogP contribution in [-0.4, -0.2) is 36.3 Å². The van der Waals surface area contributed by atoms with Crippen molar-refractivity contribution in [3.8, 4) is 5.75 Å². The van der Waals surface area contributed by atoms with Crippen LogP contribution in [0.3, 0.4) is 0 Å². The van der Waals surface area contributed by atoms with Gasteiger partial charge in [-0.3, -0.25) is 10.1 Å². The molecule has 0 saturated carbocycles. The number of nitro groups is 1. The van der Waals surface area contributed by atoms with E-state index in [4.69, 9.17) is 4.74 Å². The quantitative estimate of drug-likeness (QED) is 0.612. The molecule has 1 fully saturated rings. The molecule has 2 aromatic carbocycles. The molecule has 7 nitrogen and oxygen atoms in total. The standard InChI is InChI=1S/C18H18F2N2O5/c19-18(20)27-14-3-1-2-13(9-14)17-10-21(6-7-26-17)16-8-12(11-23)4-5-15(16)22(24)25/h1-5,8-9,17-18,23H,6-7,10-11H2. The Morgan fingerprint density at radius 1 is 1.33 bits per heavy atom. The summed E-state index contributed by atoms with van der Waals surface area (Å²) in [5.41, 5.74) is 1.52. The predicted octanol–water partition coefficient (Wildman–Crippen LogP) is 3.27. The van der Waals surface area contributed by atoms with Crippen molar-refractivity contribution >= 4 is 11.4 Å². The molecule has 1 N–H and O–H groups in total. The second-order valence-corrected chi connectivity index (χ2v) is 5.99. The molecular weight excluding hydrogens is 362 g/mol. The topological polar surface area (TPSA) is 85.1 Å². The monoisotopic (exact) mass is 380 g/mol. The minimum atomic E-state index is -2.92. The molecule has 2 aromatic rings. The lowest BCUT2D eigenvalue weighted by molar-refractivity contribution is -0.384. The third-order valence-electron chi connectivity index (χ3n) is 4.28. The Hall–Kier alpha value is -2.78. The molecule has 0 bridgehead atoms. The molecule has 1 aliphatic heterocycles. The van der Waals surface area contributed by atoms with Crippen molar-refractivity contribution in [2.24, 2.45) is 0 Å². The van der Waals surface area contributed by atoms with Crippen LogP contribution >= 0.6 is 0 Å². The van der Waals surface area contributed by atoms with E-state index >= 15 is 0 Å². The Morgan fingerprint density at radius 2 is 2.15 bits per heavy atom. The lowest BCUT2D eigenvalue weighted by Gasteiger charge is -2.34. The number of rotatable bonds is 6. The largest absolute Gasteiger partial charge is 0.435 e. The van der Waals surface area contributed by atoms with E-state index in [1.165, 1.54) is 24.3 Å². The van der Waals surface area contributed by atoms with Crippen molar-refractivity contribution in [1.29, 1.82) is 0 Å². The number of halogens is 2. The molecule has 1 heterocycles. The number of aliphatic hydroxyl groups is 1. The highest BCUT2D eigenvalue weighted by molar-refractivity contribution is 5.65. The number of aliphatic hydroxyl groups excluding tert-OH is 1. The fourth-order valence-corrected chi connectivity index (χ4v) is 3.04. The summed E-state index contributed by atoms with van der Waals surface area (Å²) >= 11 is 0. The van der Waals surface area contributed by atoms with Crippen LogP contribution in [0, 0.1) is 10.1 Å². The van der Waals surface area contributed by atoms with Gasteiger partial charge in [0.15, 0.2) is 0 Å². The second kappa shape index (κ2) is 8.28. The first-order valence-electron chi connectivity index (χ1n) is 8.27. The molecule has 0 aliphatic carbocycles. The summed E-state index contributed by atoms with van der Waals surface area (Å²) in [6, 6.07) is 10.7. The van der Waals surface area contributed by atoms with Gasteiger partial charge in [0, 0.05) is 19.2 Å². The highest BCUT2D eigenvalue weighted by Gasteiger charge is 2.27. The zero-order valence-corrected chi connectivity index (χ0v) is 14.3. The third-order valence-corrected chi connectivity index (χ3v) is 4.28. The van der Waals surface area contributed by atoms with E-state index in [2.05, 4.69) is 4.74 Å². The van der Waals surface area contributed by atoms with E-state index in [0.29, 0.717) is 36.5 Å². The molecule has 0 spiro atoms. The molecule has 1 unspecified atom stereocenters. The van der Waals surface area contributed by atoms with Gasteiger partial charge in [0.1, 0.15) is 17.5 Å². The third kappa shape index (κ3) is 4.50. The first-order valence-corrected chi connectivity index (χ1v) is 8.27. The van der Waals surface area contributed by atoms with Crippen LogP contribution in [0.15, 0.2) is 42.5 Å². The summed E-state index contributed by atoms with van der Waals surface area (Å²) in [5.74, 6) is 0.0245. The van der Waals surface area contributed by atoms with E-state index in [9.17, 15) is 24.0 Å². The number of anilines is 1. The maximum absolute atomic E-state index is 12.4. The maximum atomic E-state index is 12.4. The van der Waals surface area contributed by atoms with Crippen LogP contribution in [0.4, 0.5) is 20.2 Å². The van der Waals surface area contributed by atoms with E-state index in [1.54, 1.807) is 23.1 Å². The molecule has 9 heteroatoms. The lowest BCUT2D eigenvalue weighted by Crippen LogP contribution is -2.38. The summed E-state index contributed by atoms with van der Waals surface area (Å²) in [7, 11) is 0. The summed E-state index contributed by atoms with van der Waals surface area (Å²) in [4.78, 5) is 12.7. The molecule has 1 aliphatic rings. The maximum Gasteiger partial charge on any atom is 0.387 e. The Labute approximate surface area is 153 Å². The normalized spacial score (nSPS) is 17.2. The summed E-state index contributed by atoms with van der Waals surface area (Å²) in [6.45, 7) is -2.11. The van der Waals surface area contributed by atoms with Gasteiger partial charge in [-0.25, -0.2) is 0 Å². The van der Waals surface area contributed by atoms with E-state index in [1.807, 2.05) is 0 Å². The van der Waals surface area contributed by atoms with Gasteiger partial charge in [-0.2, -0.15) is 8.78 Å². The Bertz CT molecular complexity index is 818. The van der Waals surface area contributed by atoms with E-state index < -0.39 is 17.6 Å². The van der Waals surface area contributed by atoms with Crippen molar-refractivity contribution in [2.45, 2.75) is 19.3 Å². The number of nitro benzene ring substituents is 1. The first-order chi connectivity index (χ1) is 13.0. The molecule has 1 saturated heterocycles. The molecule has 0 aromatic heterocycles. The van der Waals surface area contributed by atoms with Crippen molar-refractivity contribution in [1.82, 2.24) is 0 Å². The van der Waals surface area contributed by atoms with Gasteiger partial charge in [0.05, 0.1) is 18.1 Å². The fourth-order valence-electron chi connectivity index (χ4n) is 3.04. The van der Waals surface area contributed by atoms with Gasteiger partial charge < -0.3 is 19.5 Å². The highest BCUT2D eigenvalue weighted by Crippen LogP contribution is 2.34. The smallest absolute Gasteiger partial charge is 0.387 e. The molecule has 0 amide bonds. The van der Waals surface area contributed by atoms with E-state index in [-0.39, 0.29) is 18.0 Å².